The molecule has 6 heteroatoms. The van der Waals surface area contributed by atoms with Gasteiger partial charge in [-0.3, -0.25) is 9.59 Å². The summed E-state index contributed by atoms with van der Waals surface area (Å²) < 4.78 is 0. The van der Waals surface area contributed by atoms with E-state index in [1.54, 1.807) is 0 Å². The van der Waals surface area contributed by atoms with Gasteiger partial charge in [-0.25, -0.2) is 4.98 Å². The van der Waals surface area contributed by atoms with Crippen molar-refractivity contribution in [2.24, 2.45) is 40.9 Å². The molecule has 6 nitrogen and oxygen atoms in total. The summed E-state index contributed by atoms with van der Waals surface area (Å²) in [5.74, 6) is 5.06. The van der Waals surface area contributed by atoms with Crippen molar-refractivity contribution >= 4 is 28.5 Å². The van der Waals surface area contributed by atoms with Gasteiger partial charge < -0.3 is 15.6 Å². The van der Waals surface area contributed by atoms with E-state index in [2.05, 4.69) is 15.6 Å². The van der Waals surface area contributed by atoms with E-state index in [0.717, 1.165) is 58.2 Å². The average Bonchev–Trinajstić information content (AvgIpc) is 3.72. The highest BCUT2D eigenvalue weighted by Gasteiger charge is 2.80. The Morgan fingerprint density at radius 1 is 0.895 bits per heavy atom. The van der Waals surface area contributed by atoms with E-state index in [1.807, 2.05) is 42.5 Å². The molecule has 6 saturated carbocycles. The van der Waals surface area contributed by atoms with Gasteiger partial charge in [0.2, 0.25) is 5.91 Å². The number of H-pyrrole nitrogens is 1. The fourth-order valence-corrected chi connectivity index (χ4v) is 10.5. The van der Waals surface area contributed by atoms with Crippen molar-refractivity contribution in [2.75, 3.05) is 5.32 Å². The Balaban J connectivity index is 0.911. The van der Waals surface area contributed by atoms with Gasteiger partial charge in [-0.2, -0.15) is 0 Å². The number of aromatic nitrogens is 2. The van der Waals surface area contributed by atoms with Crippen LogP contribution in [-0.2, 0) is 4.79 Å². The molecule has 4 bridgehead atoms. The van der Waals surface area contributed by atoms with E-state index in [-0.39, 0.29) is 23.3 Å². The summed E-state index contributed by atoms with van der Waals surface area (Å²) in [7, 11) is 0. The second-order valence-electron chi connectivity index (χ2n) is 13.6. The van der Waals surface area contributed by atoms with E-state index < -0.39 is 0 Å². The van der Waals surface area contributed by atoms with Gasteiger partial charge in [-0.1, -0.05) is 6.42 Å². The van der Waals surface area contributed by atoms with Crippen molar-refractivity contribution in [3.63, 3.8) is 0 Å². The summed E-state index contributed by atoms with van der Waals surface area (Å²) in [6.45, 7) is 0. The Morgan fingerprint density at radius 3 is 2.55 bits per heavy atom. The van der Waals surface area contributed by atoms with Crippen molar-refractivity contribution < 1.29 is 9.59 Å². The van der Waals surface area contributed by atoms with Crippen LogP contribution >= 0.6 is 0 Å². The summed E-state index contributed by atoms with van der Waals surface area (Å²) in [5, 5.41) is 6.67. The van der Waals surface area contributed by atoms with Crippen molar-refractivity contribution in [3.8, 4) is 11.4 Å². The van der Waals surface area contributed by atoms with E-state index in [0.29, 0.717) is 16.9 Å². The van der Waals surface area contributed by atoms with E-state index in [9.17, 15) is 9.59 Å². The molecule has 194 valence electrons. The lowest BCUT2D eigenvalue weighted by Gasteiger charge is -2.72. The van der Waals surface area contributed by atoms with Crippen LogP contribution in [0.1, 0.15) is 68.1 Å². The van der Waals surface area contributed by atoms with Crippen LogP contribution < -0.4 is 10.6 Å². The molecular weight excluding hydrogens is 472 g/mol. The van der Waals surface area contributed by atoms with Gasteiger partial charge in [0.25, 0.3) is 5.91 Å². The number of carbonyl (C=O) groups is 2. The zero-order chi connectivity index (χ0) is 25.2. The van der Waals surface area contributed by atoms with E-state index in [4.69, 9.17) is 4.98 Å². The highest BCUT2D eigenvalue weighted by Crippen LogP contribution is 2.82. The fourth-order valence-electron chi connectivity index (χ4n) is 10.5. The number of anilines is 1. The lowest BCUT2D eigenvalue weighted by molar-refractivity contribution is -0.201. The predicted molar refractivity (Wildman–Crippen MR) is 145 cm³/mol. The molecule has 1 spiro atoms. The van der Waals surface area contributed by atoms with Gasteiger partial charge in [0, 0.05) is 28.3 Å². The molecule has 1 aromatic heterocycles. The van der Waals surface area contributed by atoms with Crippen LogP contribution in [0.4, 0.5) is 5.69 Å². The van der Waals surface area contributed by atoms with Crippen LogP contribution in [0.2, 0.25) is 0 Å². The molecule has 2 aromatic carbocycles. The number of carbonyl (C=O) groups excluding carboxylic acids is 2. The highest BCUT2D eigenvalue weighted by molar-refractivity contribution is 5.98. The average molecular weight is 507 g/mol. The molecule has 6 aliphatic rings. The molecule has 8 atom stereocenters. The number of aromatic amines is 1. The van der Waals surface area contributed by atoms with E-state index >= 15 is 0 Å². The molecule has 9 rings (SSSR count). The summed E-state index contributed by atoms with van der Waals surface area (Å²) in [5.41, 5.74) is 4.72. The number of nitrogens with one attached hydrogen (secondary N) is 3. The van der Waals surface area contributed by atoms with Crippen LogP contribution in [-0.4, -0.2) is 27.3 Å². The van der Waals surface area contributed by atoms with Crippen molar-refractivity contribution in [3.05, 3.63) is 48.0 Å². The molecule has 5 unspecified atom stereocenters. The number of hydrogen-bond donors (Lipinski definition) is 3. The number of imidazole rings is 1. The summed E-state index contributed by atoms with van der Waals surface area (Å²) in [6.07, 6.45) is 11.3. The Kier molecular flexibility index (Phi) is 4.16. The first-order valence-corrected chi connectivity index (χ1v) is 14.7. The Hall–Kier alpha value is -3.15. The highest BCUT2D eigenvalue weighted by atomic mass is 16.2. The monoisotopic (exact) mass is 506 g/mol. The summed E-state index contributed by atoms with van der Waals surface area (Å²) in [4.78, 5) is 34.4. The quantitative estimate of drug-likeness (QED) is 0.402. The predicted octanol–water partition coefficient (Wildman–Crippen LogP) is 5.91. The van der Waals surface area contributed by atoms with Crippen LogP contribution in [0, 0.1) is 40.9 Å². The maximum Gasteiger partial charge on any atom is 0.251 e. The minimum atomic E-state index is 0.0587. The zero-order valence-electron chi connectivity index (χ0n) is 21.6. The molecule has 6 fully saturated rings. The lowest BCUT2D eigenvalue weighted by atomic mass is 9.35. The van der Waals surface area contributed by atoms with Gasteiger partial charge in [0.15, 0.2) is 0 Å². The maximum atomic E-state index is 13.4. The third-order valence-corrected chi connectivity index (χ3v) is 12.0. The summed E-state index contributed by atoms with van der Waals surface area (Å²) >= 11 is 0. The lowest BCUT2D eigenvalue weighted by Crippen LogP contribution is -2.76. The molecule has 2 amide bonds. The van der Waals surface area contributed by atoms with E-state index in [1.165, 1.54) is 51.4 Å². The second kappa shape index (κ2) is 7.28. The van der Waals surface area contributed by atoms with Crippen LogP contribution in [0.5, 0.6) is 0 Å². The zero-order valence-corrected chi connectivity index (χ0v) is 21.6. The van der Waals surface area contributed by atoms with Crippen molar-refractivity contribution in [1.82, 2.24) is 15.3 Å². The Morgan fingerprint density at radius 2 is 1.79 bits per heavy atom. The van der Waals surface area contributed by atoms with Gasteiger partial charge in [-0.05, 0) is 129 Å². The number of hydrogen-bond acceptors (Lipinski definition) is 3. The minimum Gasteiger partial charge on any atom is -0.346 e. The number of fused-ring (bicyclic) bond motifs is 4. The normalized spacial score (nSPS) is 39.1. The van der Waals surface area contributed by atoms with Gasteiger partial charge in [0.05, 0.1) is 11.0 Å². The van der Waals surface area contributed by atoms with Crippen molar-refractivity contribution in [1.29, 1.82) is 0 Å². The van der Waals surface area contributed by atoms with Gasteiger partial charge in [-0.15, -0.1) is 0 Å². The first-order valence-electron chi connectivity index (χ1n) is 14.7. The first kappa shape index (κ1) is 21.7. The molecule has 0 saturated heterocycles. The number of nitrogens with zero attached hydrogens (tertiary/aromatic N) is 1. The first-order chi connectivity index (χ1) is 18.5. The molecule has 6 aliphatic carbocycles. The molecule has 3 aromatic rings. The number of rotatable bonds is 5. The smallest absolute Gasteiger partial charge is 0.251 e. The molecular formula is C32H34N4O2. The standard InChI is InChI=1S/C32H34N4O2/c37-29(36-31-14-18-10-22-13-23(16-31)32(22,31)15-18)21-5-8-26-27(12-21)35-28(34-26)19-3-6-24(7-4-19)33-30(38)25-11-17-1-2-20(25)9-17/h3-8,12,17-18,20,22-23,25H,1-2,9-11,13-16H2,(H,33,38)(H,34,35)(H,36,37)/t17?,18-,20?,22-,23+,25?,31?,32?/m1/s1. The minimum absolute atomic E-state index is 0.0587. The largest absolute Gasteiger partial charge is 0.346 e. The van der Waals surface area contributed by atoms with Gasteiger partial charge in [0.1, 0.15) is 5.82 Å². The third-order valence-electron chi connectivity index (χ3n) is 12.0. The van der Waals surface area contributed by atoms with Crippen LogP contribution in [0.3, 0.4) is 0 Å². The Bertz CT molecular complexity index is 1510. The van der Waals surface area contributed by atoms with Crippen LogP contribution in [0.15, 0.2) is 42.5 Å². The topological polar surface area (TPSA) is 86.9 Å². The van der Waals surface area contributed by atoms with Gasteiger partial charge >= 0.3 is 0 Å². The second-order valence-corrected chi connectivity index (χ2v) is 13.6. The summed E-state index contributed by atoms with van der Waals surface area (Å²) in [6, 6.07) is 13.7. The molecule has 38 heavy (non-hydrogen) atoms. The SMILES string of the molecule is O=C(NC12C[C@H]3C[C@@H]4C[C@@H](C1)C42C3)c1ccc2nc(-c3ccc(NC(=O)C4CC5CCC4C5)cc3)[nH]c2c1. The molecule has 0 radical (unpaired) electrons. The van der Waals surface area contributed by atoms with Crippen molar-refractivity contribution in [2.45, 2.75) is 63.3 Å². The number of benzene rings is 2. The molecule has 1 heterocycles. The number of amides is 2. The fraction of sp³-hybridized carbons (Fsp3) is 0.531. The molecule has 0 aliphatic heterocycles. The molecule has 3 N–H and O–H groups in total. The third kappa shape index (κ3) is 2.76. The Labute approximate surface area is 222 Å². The van der Waals surface area contributed by atoms with Crippen LogP contribution in [0.25, 0.3) is 22.4 Å². The maximum absolute atomic E-state index is 13.4.